The molecular formula is C20H18N4O5. The Kier molecular flexibility index (Phi) is 4.55. The molecule has 0 spiro atoms. The molecule has 2 heterocycles. The predicted octanol–water partition coefficient (Wildman–Crippen LogP) is 2.17. The average molecular weight is 394 g/mol. The monoisotopic (exact) mass is 394 g/mol. The van der Waals surface area contributed by atoms with Crippen LogP contribution in [0.4, 0.5) is 0 Å². The highest BCUT2D eigenvalue weighted by Gasteiger charge is 2.13. The van der Waals surface area contributed by atoms with E-state index in [0.717, 1.165) is 4.68 Å². The molecule has 29 heavy (non-hydrogen) atoms. The predicted molar refractivity (Wildman–Crippen MR) is 110 cm³/mol. The molecule has 4 rings (SSSR count). The van der Waals surface area contributed by atoms with Gasteiger partial charge in [0.1, 0.15) is 11.3 Å². The van der Waals surface area contributed by atoms with Crippen LogP contribution in [0, 0.1) is 0 Å². The van der Waals surface area contributed by atoms with Crippen LogP contribution in [0.2, 0.25) is 0 Å². The quantitative estimate of drug-likeness (QED) is 0.448. The van der Waals surface area contributed by atoms with Crippen LogP contribution in [0.5, 0.6) is 17.2 Å². The lowest BCUT2D eigenvalue weighted by Crippen LogP contribution is -2.32. The van der Waals surface area contributed by atoms with Crippen molar-refractivity contribution < 1.29 is 14.6 Å². The third-order valence-electron chi connectivity index (χ3n) is 4.44. The van der Waals surface area contributed by atoms with Crippen LogP contribution in [-0.2, 0) is 0 Å². The zero-order valence-electron chi connectivity index (χ0n) is 15.7. The smallest absolute Gasteiger partial charge is 0.350 e. The molecule has 3 N–H and O–H groups in total. The number of aromatic amines is 2. The summed E-state index contributed by atoms with van der Waals surface area (Å²) >= 11 is 0. The maximum absolute atomic E-state index is 12.8. The van der Waals surface area contributed by atoms with Crippen molar-refractivity contribution in [2.75, 3.05) is 13.7 Å². The van der Waals surface area contributed by atoms with Crippen molar-refractivity contribution in [3.05, 3.63) is 62.8 Å². The van der Waals surface area contributed by atoms with Gasteiger partial charge in [-0.15, -0.1) is 4.68 Å². The summed E-state index contributed by atoms with van der Waals surface area (Å²) in [4.78, 5) is 31.0. The largest absolute Gasteiger partial charge is 0.504 e. The normalized spacial score (nSPS) is 11.5. The number of phenols is 1. The van der Waals surface area contributed by atoms with Crippen molar-refractivity contribution >= 4 is 28.2 Å². The minimum absolute atomic E-state index is 0.00561. The van der Waals surface area contributed by atoms with Gasteiger partial charge in [0.25, 0.3) is 0 Å². The second-order valence-corrected chi connectivity index (χ2v) is 6.24. The molecule has 0 aliphatic rings. The first-order valence-electron chi connectivity index (χ1n) is 8.86. The van der Waals surface area contributed by atoms with Crippen molar-refractivity contribution in [1.82, 2.24) is 14.6 Å². The van der Waals surface area contributed by atoms with E-state index in [9.17, 15) is 14.7 Å². The summed E-state index contributed by atoms with van der Waals surface area (Å²) in [6, 6.07) is 9.86. The number of aromatic hydroxyl groups is 1. The van der Waals surface area contributed by atoms with Gasteiger partial charge in [-0.05, 0) is 42.8 Å². The molecule has 0 bridgehead atoms. The topological polar surface area (TPSA) is 122 Å². The standard InChI is InChI=1S/C20H18N4O5/c1-3-29-16-8-11(4-7-15(16)25)10-21-24-19(26)18-17(23-20(24)27)13-6-5-12(28-2)9-14(13)22-18/h4-10,22,25H,3H2,1-2H3,(H,23,27). The Hall–Kier alpha value is -4.01. The third-order valence-corrected chi connectivity index (χ3v) is 4.44. The molecule has 9 heteroatoms. The molecule has 0 radical (unpaired) electrons. The summed E-state index contributed by atoms with van der Waals surface area (Å²) in [6.07, 6.45) is 1.34. The van der Waals surface area contributed by atoms with Crippen molar-refractivity contribution in [3.8, 4) is 17.2 Å². The number of hydrogen-bond donors (Lipinski definition) is 3. The van der Waals surface area contributed by atoms with E-state index in [-0.39, 0.29) is 17.0 Å². The molecule has 0 atom stereocenters. The first-order valence-corrected chi connectivity index (χ1v) is 8.86. The molecule has 0 aliphatic carbocycles. The van der Waals surface area contributed by atoms with Gasteiger partial charge in [-0.1, -0.05) is 0 Å². The molecule has 0 saturated heterocycles. The number of H-pyrrole nitrogens is 2. The van der Waals surface area contributed by atoms with Crippen molar-refractivity contribution in [3.63, 3.8) is 0 Å². The van der Waals surface area contributed by atoms with Gasteiger partial charge in [0.2, 0.25) is 0 Å². The summed E-state index contributed by atoms with van der Waals surface area (Å²) in [5.41, 5.74) is 0.601. The fourth-order valence-electron chi connectivity index (χ4n) is 3.06. The molecule has 4 aromatic rings. The van der Waals surface area contributed by atoms with Crippen molar-refractivity contribution in [2.24, 2.45) is 5.10 Å². The fraction of sp³-hybridized carbons (Fsp3) is 0.150. The van der Waals surface area contributed by atoms with Crippen LogP contribution in [0.15, 0.2) is 51.1 Å². The number of fused-ring (bicyclic) bond motifs is 3. The van der Waals surface area contributed by atoms with Gasteiger partial charge in [0.15, 0.2) is 11.5 Å². The lowest BCUT2D eigenvalue weighted by atomic mass is 10.2. The number of phenolic OH excluding ortho intramolecular Hbond substituents is 1. The molecule has 2 aromatic carbocycles. The van der Waals surface area contributed by atoms with Gasteiger partial charge < -0.3 is 24.5 Å². The fourth-order valence-corrected chi connectivity index (χ4v) is 3.06. The Bertz CT molecular complexity index is 1360. The van der Waals surface area contributed by atoms with Crippen LogP contribution < -0.4 is 20.7 Å². The van der Waals surface area contributed by atoms with Gasteiger partial charge >= 0.3 is 11.2 Å². The summed E-state index contributed by atoms with van der Waals surface area (Å²) in [5.74, 6) is 0.911. The number of benzene rings is 2. The van der Waals surface area contributed by atoms with E-state index in [2.05, 4.69) is 15.1 Å². The van der Waals surface area contributed by atoms with Crippen molar-refractivity contribution in [2.45, 2.75) is 6.92 Å². The highest BCUT2D eigenvalue weighted by Crippen LogP contribution is 2.26. The maximum atomic E-state index is 12.8. The second-order valence-electron chi connectivity index (χ2n) is 6.24. The van der Waals surface area contributed by atoms with Gasteiger partial charge in [-0.2, -0.15) is 5.10 Å². The Morgan fingerprint density at radius 2 is 1.97 bits per heavy atom. The van der Waals surface area contributed by atoms with Gasteiger partial charge in [0, 0.05) is 11.5 Å². The third kappa shape index (κ3) is 3.22. The molecule has 0 amide bonds. The maximum Gasteiger partial charge on any atom is 0.350 e. The van der Waals surface area contributed by atoms with Crippen LogP contribution in [0.1, 0.15) is 12.5 Å². The van der Waals surface area contributed by atoms with Crippen LogP contribution in [0.25, 0.3) is 21.9 Å². The Morgan fingerprint density at radius 3 is 2.72 bits per heavy atom. The SMILES string of the molecule is CCOc1cc(C=Nn2c(=O)[nH]c3c([nH]c4cc(OC)ccc43)c2=O)ccc1O. The second kappa shape index (κ2) is 7.19. The molecule has 148 valence electrons. The molecule has 9 nitrogen and oxygen atoms in total. The summed E-state index contributed by atoms with van der Waals surface area (Å²) in [6.45, 7) is 2.18. The zero-order chi connectivity index (χ0) is 20.5. The Labute approximate surface area is 163 Å². The van der Waals surface area contributed by atoms with Crippen LogP contribution in [-0.4, -0.2) is 39.7 Å². The summed E-state index contributed by atoms with van der Waals surface area (Å²) < 4.78 is 11.3. The van der Waals surface area contributed by atoms with E-state index >= 15 is 0 Å². The summed E-state index contributed by atoms with van der Waals surface area (Å²) in [5, 5.41) is 14.5. The highest BCUT2D eigenvalue weighted by atomic mass is 16.5. The lowest BCUT2D eigenvalue weighted by molar-refractivity contribution is 0.318. The average Bonchev–Trinajstić information content (AvgIpc) is 3.08. The molecule has 0 fully saturated rings. The first-order chi connectivity index (χ1) is 14.0. The van der Waals surface area contributed by atoms with E-state index in [1.165, 1.54) is 12.3 Å². The van der Waals surface area contributed by atoms with E-state index in [4.69, 9.17) is 9.47 Å². The zero-order valence-corrected chi connectivity index (χ0v) is 15.7. The van der Waals surface area contributed by atoms with Gasteiger partial charge in [-0.25, -0.2) is 4.79 Å². The highest BCUT2D eigenvalue weighted by molar-refractivity contribution is 6.04. The van der Waals surface area contributed by atoms with Gasteiger partial charge in [-0.3, -0.25) is 4.79 Å². The molecule has 0 aliphatic heterocycles. The molecular weight excluding hydrogens is 376 g/mol. The number of nitrogens with zero attached hydrogens (tertiary/aromatic N) is 2. The Balaban J connectivity index is 1.81. The number of nitrogens with one attached hydrogen (secondary N) is 2. The number of ether oxygens (including phenoxy) is 2. The minimum Gasteiger partial charge on any atom is -0.504 e. The van der Waals surface area contributed by atoms with E-state index in [0.29, 0.717) is 34.3 Å². The number of aromatic nitrogens is 3. The number of rotatable bonds is 5. The van der Waals surface area contributed by atoms with E-state index in [1.807, 2.05) is 0 Å². The summed E-state index contributed by atoms with van der Waals surface area (Å²) in [7, 11) is 1.55. The van der Waals surface area contributed by atoms with E-state index < -0.39 is 11.2 Å². The van der Waals surface area contributed by atoms with Gasteiger partial charge in [0.05, 0.1) is 31.0 Å². The molecule has 2 aromatic heterocycles. The van der Waals surface area contributed by atoms with Crippen LogP contribution >= 0.6 is 0 Å². The molecule has 0 unspecified atom stereocenters. The number of hydrogen-bond acceptors (Lipinski definition) is 6. The first kappa shape index (κ1) is 18.4. The minimum atomic E-state index is -0.667. The van der Waals surface area contributed by atoms with Crippen LogP contribution in [0.3, 0.4) is 0 Å². The number of methoxy groups -OCH3 is 1. The Morgan fingerprint density at radius 1 is 1.14 bits per heavy atom. The van der Waals surface area contributed by atoms with Crippen molar-refractivity contribution in [1.29, 1.82) is 0 Å². The lowest BCUT2D eigenvalue weighted by Gasteiger charge is -2.06. The molecule has 0 saturated carbocycles. The van der Waals surface area contributed by atoms with E-state index in [1.54, 1.807) is 44.4 Å².